The van der Waals surface area contributed by atoms with Crippen LogP contribution in [0.1, 0.15) is 11.3 Å². The Hall–Kier alpha value is -3.40. The van der Waals surface area contributed by atoms with Gasteiger partial charge in [0.2, 0.25) is 0 Å². The molecule has 2 aromatic carbocycles. The van der Waals surface area contributed by atoms with E-state index in [-0.39, 0.29) is 23.2 Å². The Bertz CT molecular complexity index is 1100. The lowest BCUT2D eigenvalue weighted by molar-refractivity contribution is 0.240. The molecule has 1 heterocycles. The highest BCUT2D eigenvalue weighted by molar-refractivity contribution is 7.92. The molecule has 158 valence electrons. The number of amides is 2. The van der Waals surface area contributed by atoms with Crippen LogP contribution in [0.4, 0.5) is 14.9 Å². The predicted octanol–water partition coefficient (Wildman–Crippen LogP) is 2.40. The monoisotopic (exact) mass is 431 g/mol. The third kappa shape index (κ3) is 5.80. The summed E-state index contributed by atoms with van der Waals surface area (Å²) in [6.07, 6.45) is 2.37. The van der Waals surface area contributed by atoms with E-state index >= 15 is 0 Å². The van der Waals surface area contributed by atoms with Crippen molar-refractivity contribution in [1.29, 1.82) is 0 Å². The molecular formula is C20H22FN5O3S. The molecule has 0 saturated heterocycles. The van der Waals surface area contributed by atoms with E-state index in [1.807, 2.05) is 13.1 Å². The zero-order valence-corrected chi connectivity index (χ0v) is 17.1. The summed E-state index contributed by atoms with van der Waals surface area (Å²) in [6.45, 7) is 0.723. The van der Waals surface area contributed by atoms with Gasteiger partial charge in [-0.1, -0.05) is 12.1 Å². The average molecular weight is 431 g/mol. The fourth-order valence-corrected chi connectivity index (χ4v) is 3.77. The first-order valence-electron chi connectivity index (χ1n) is 9.19. The third-order valence-corrected chi connectivity index (χ3v) is 5.77. The van der Waals surface area contributed by atoms with Gasteiger partial charge in [0, 0.05) is 44.1 Å². The number of urea groups is 1. The van der Waals surface area contributed by atoms with Crippen LogP contribution in [-0.2, 0) is 30.0 Å². The van der Waals surface area contributed by atoms with E-state index < -0.39 is 15.8 Å². The van der Waals surface area contributed by atoms with Gasteiger partial charge in [-0.05, 0) is 48.0 Å². The molecule has 1 aromatic heterocycles. The third-order valence-electron chi connectivity index (χ3n) is 4.37. The van der Waals surface area contributed by atoms with Crippen molar-refractivity contribution in [2.24, 2.45) is 7.05 Å². The summed E-state index contributed by atoms with van der Waals surface area (Å²) in [4.78, 5) is 12.0. The number of hydrogen-bond donors (Lipinski definition) is 3. The molecule has 3 aromatic rings. The van der Waals surface area contributed by atoms with Crippen LogP contribution in [0, 0.1) is 5.82 Å². The van der Waals surface area contributed by atoms with Crippen LogP contribution < -0.4 is 15.4 Å². The van der Waals surface area contributed by atoms with Crippen LogP contribution >= 0.6 is 0 Å². The SMILES string of the molecule is Cn1nccc1CCNC(=O)NCc1ccc(S(=O)(=O)Nc2ccc(F)cc2)cc1. The van der Waals surface area contributed by atoms with Gasteiger partial charge >= 0.3 is 6.03 Å². The Morgan fingerprint density at radius 3 is 2.37 bits per heavy atom. The summed E-state index contributed by atoms with van der Waals surface area (Å²) in [6, 6.07) is 12.8. The quantitative estimate of drug-likeness (QED) is 0.509. The zero-order valence-electron chi connectivity index (χ0n) is 16.3. The van der Waals surface area contributed by atoms with Crippen molar-refractivity contribution in [2.45, 2.75) is 17.9 Å². The van der Waals surface area contributed by atoms with Gasteiger partial charge < -0.3 is 10.6 Å². The van der Waals surface area contributed by atoms with E-state index in [4.69, 9.17) is 0 Å². The molecule has 2 amide bonds. The zero-order chi connectivity index (χ0) is 21.6. The maximum Gasteiger partial charge on any atom is 0.315 e. The molecule has 8 nitrogen and oxygen atoms in total. The molecule has 0 spiro atoms. The summed E-state index contributed by atoms with van der Waals surface area (Å²) in [7, 11) is -1.95. The van der Waals surface area contributed by atoms with E-state index in [0.717, 1.165) is 11.3 Å². The summed E-state index contributed by atoms with van der Waals surface area (Å²) in [5.41, 5.74) is 2.03. The van der Waals surface area contributed by atoms with E-state index in [1.54, 1.807) is 23.0 Å². The molecular weight excluding hydrogens is 409 g/mol. The molecule has 0 aliphatic carbocycles. The maximum absolute atomic E-state index is 13.0. The lowest BCUT2D eigenvalue weighted by atomic mass is 10.2. The van der Waals surface area contributed by atoms with Crippen molar-refractivity contribution >= 4 is 21.7 Å². The molecule has 0 unspecified atom stereocenters. The minimum Gasteiger partial charge on any atom is -0.338 e. The minimum absolute atomic E-state index is 0.0659. The molecule has 0 fully saturated rings. The Balaban J connectivity index is 1.48. The topological polar surface area (TPSA) is 105 Å². The molecule has 3 rings (SSSR count). The number of nitrogens with zero attached hydrogens (tertiary/aromatic N) is 2. The maximum atomic E-state index is 13.0. The molecule has 0 bridgehead atoms. The number of carbonyl (C=O) groups is 1. The smallest absolute Gasteiger partial charge is 0.315 e. The van der Waals surface area contributed by atoms with Crippen molar-refractivity contribution in [3.05, 3.63) is 77.9 Å². The highest BCUT2D eigenvalue weighted by Gasteiger charge is 2.14. The molecule has 10 heteroatoms. The molecule has 0 atom stereocenters. The van der Waals surface area contributed by atoms with Gasteiger partial charge in [-0.3, -0.25) is 9.40 Å². The molecule has 3 N–H and O–H groups in total. The predicted molar refractivity (Wildman–Crippen MR) is 111 cm³/mol. The number of anilines is 1. The number of aryl methyl sites for hydroxylation is 1. The normalized spacial score (nSPS) is 11.1. The van der Waals surface area contributed by atoms with Gasteiger partial charge in [0.15, 0.2) is 0 Å². The average Bonchev–Trinajstić information content (AvgIpc) is 3.13. The van der Waals surface area contributed by atoms with Crippen LogP contribution in [0.5, 0.6) is 0 Å². The van der Waals surface area contributed by atoms with Crippen LogP contribution in [0.25, 0.3) is 0 Å². The van der Waals surface area contributed by atoms with Crippen molar-refractivity contribution in [3.63, 3.8) is 0 Å². The lowest BCUT2D eigenvalue weighted by Gasteiger charge is -2.10. The second-order valence-corrected chi connectivity index (χ2v) is 8.24. The molecule has 0 saturated carbocycles. The van der Waals surface area contributed by atoms with Gasteiger partial charge in [0.25, 0.3) is 10.0 Å². The number of halogens is 1. The standard InChI is InChI=1S/C20H22FN5O3S/c1-26-18(11-13-24-26)10-12-22-20(27)23-14-15-2-8-19(9-3-15)30(28,29)25-17-6-4-16(21)5-7-17/h2-9,11,13,25H,10,12,14H2,1H3,(H2,22,23,27). The van der Waals surface area contributed by atoms with Crippen LogP contribution in [0.3, 0.4) is 0 Å². The first kappa shape index (κ1) is 21.3. The Morgan fingerprint density at radius 2 is 1.73 bits per heavy atom. The van der Waals surface area contributed by atoms with Crippen LogP contribution in [0.15, 0.2) is 65.7 Å². The first-order chi connectivity index (χ1) is 14.3. The fraction of sp³-hybridized carbons (Fsp3) is 0.200. The Labute approximate surface area is 174 Å². The van der Waals surface area contributed by atoms with Gasteiger partial charge in [-0.25, -0.2) is 17.6 Å². The number of rotatable bonds is 8. The summed E-state index contributed by atoms with van der Waals surface area (Å²) in [5.74, 6) is -0.448. The molecule has 0 aliphatic heterocycles. The van der Waals surface area contributed by atoms with Gasteiger partial charge in [0.1, 0.15) is 5.82 Å². The largest absolute Gasteiger partial charge is 0.338 e. The van der Waals surface area contributed by atoms with Crippen molar-refractivity contribution in [2.75, 3.05) is 11.3 Å². The van der Waals surface area contributed by atoms with Crippen molar-refractivity contribution < 1.29 is 17.6 Å². The lowest BCUT2D eigenvalue weighted by Crippen LogP contribution is -2.36. The first-order valence-corrected chi connectivity index (χ1v) is 10.7. The molecule has 0 radical (unpaired) electrons. The Kier molecular flexibility index (Phi) is 6.68. The minimum atomic E-state index is -3.79. The summed E-state index contributed by atoms with van der Waals surface area (Å²) < 4.78 is 41.9. The second kappa shape index (κ2) is 9.40. The van der Waals surface area contributed by atoms with Gasteiger partial charge in [-0.2, -0.15) is 5.10 Å². The number of benzene rings is 2. The number of hydrogen-bond acceptors (Lipinski definition) is 4. The van der Waals surface area contributed by atoms with Gasteiger partial charge in [-0.15, -0.1) is 0 Å². The fourth-order valence-electron chi connectivity index (χ4n) is 2.71. The van der Waals surface area contributed by atoms with Crippen molar-refractivity contribution in [3.8, 4) is 0 Å². The number of nitrogens with one attached hydrogen (secondary N) is 3. The molecule has 30 heavy (non-hydrogen) atoms. The van der Waals surface area contributed by atoms with E-state index in [2.05, 4.69) is 20.5 Å². The van der Waals surface area contributed by atoms with Gasteiger partial charge in [0.05, 0.1) is 4.90 Å². The van der Waals surface area contributed by atoms with Crippen LogP contribution in [-0.4, -0.2) is 30.8 Å². The van der Waals surface area contributed by atoms with Crippen LogP contribution in [0.2, 0.25) is 0 Å². The van der Waals surface area contributed by atoms with E-state index in [1.165, 1.54) is 36.4 Å². The number of sulfonamides is 1. The molecule has 0 aliphatic rings. The summed E-state index contributed by atoms with van der Waals surface area (Å²) >= 11 is 0. The van der Waals surface area contributed by atoms with E-state index in [0.29, 0.717) is 13.0 Å². The summed E-state index contributed by atoms with van der Waals surface area (Å²) in [5, 5.41) is 9.55. The number of aromatic nitrogens is 2. The van der Waals surface area contributed by atoms with E-state index in [9.17, 15) is 17.6 Å². The van der Waals surface area contributed by atoms with Crippen molar-refractivity contribution in [1.82, 2.24) is 20.4 Å². The highest BCUT2D eigenvalue weighted by Crippen LogP contribution is 2.17. The Morgan fingerprint density at radius 1 is 1.03 bits per heavy atom. The second-order valence-electron chi connectivity index (χ2n) is 6.56. The number of carbonyl (C=O) groups excluding carboxylic acids is 1. The highest BCUT2D eigenvalue weighted by atomic mass is 32.2.